The van der Waals surface area contributed by atoms with E-state index in [2.05, 4.69) is 21.2 Å². The van der Waals surface area contributed by atoms with Gasteiger partial charge in [-0.05, 0) is 66.1 Å². The molecule has 0 saturated heterocycles. The predicted octanol–water partition coefficient (Wildman–Crippen LogP) is 5.29. The lowest BCUT2D eigenvalue weighted by molar-refractivity contribution is -0.115. The number of aryl methyl sites for hydroxylation is 1. The third kappa shape index (κ3) is 6.54. The van der Waals surface area contributed by atoms with Gasteiger partial charge in [0, 0.05) is 15.2 Å². The number of amides is 1. The Bertz CT molecular complexity index is 1190. The number of nitrogens with two attached hydrogens (primary N) is 1. The van der Waals surface area contributed by atoms with Crippen molar-refractivity contribution in [2.24, 2.45) is 5.14 Å². The lowest BCUT2D eigenvalue weighted by Gasteiger charge is -2.13. The van der Waals surface area contributed by atoms with E-state index in [0.29, 0.717) is 22.2 Å². The minimum atomic E-state index is -3.78. The summed E-state index contributed by atoms with van der Waals surface area (Å²) in [6.07, 6.45) is 0.885. The summed E-state index contributed by atoms with van der Waals surface area (Å²) >= 11 is 9.50. The highest BCUT2D eigenvalue weighted by atomic mass is 79.9. The van der Waals surface area contributed by atoms with Gasteiger partial charge in [-0.25, -0.2) is 13.6 Å². The number of carbonyl (C=O) groups is 1. The Labute approximate surface area is 194 Å². The molecule has 9 heteroatoms. The molecule has 162 valence electrons. The molecule has 0 radical (unpaired) electrons. The first kappa shape index (κ1) is 23.3. The summed E-state index contributed by atoms with van der Waals surface area (Å²) in [4.78, 5) is 12.4. The van der Waals surface area contributed by atoms with Crippen molar-refractivity contribution in [1.29, 1.82) is 0 Å². The number of sulfonamides is 1. The van der Waals surface area contributed by atoms with Crippen LogP contribution >= 0.6 is 27.5 Å². The second-order valence-corrected chi connectivity index (χ2v) is 9.71. The quantitative estimate of drug-likeness (QED) is 0.440. The Morgan fingerprint density at radius 1 is 1.10 bits per heavy atom. The number of hydrogen-bond donors (Lipinski definition) is 2. The second-order valence-electron chi connectivity index (χ2n) is 6.80. The van der Waals surface area contributed by atoms with Crippen molar-refractivity contribution < 1.29 is 17.9 Å². The molecule has 0 atom stereocenters. The maximum Gasteiger partial charge on any atom is 0.238 e. The van der Waals surface area contributed by atoms with E-state index in [4.69, 9.17) is 21.5 Å². The van der Waals surface area contributed by atoms with Crippen molar-refractivity contribution in [2.45, 2.75) is 24.7 Å². The highest BCUT2D eigenvalue weighted by Crippen LogP contribution is 2.31. The lowest BCUT2D eigenvalue weighted by Crippen LogP contribution is -2.15. The number of nitrogens with one attached hydrogen (secondary N) is 1. The summed E-state index contributed by atoms with van der Waals surface area (Å²) in [5, 5.41) is 8.37. The Balaban J connectivity index is 1.74. The van der Waals surface area contributed by atoms with Crippen LogP contribution in [-0.4, -0.2) is 14.3 Å². The first-order valence-corrected chi connectivity index (χ1v) is 12.0. The molecular weight excluding hydrogens is 504 g/mol. The van der Waals surface area contributed by atoms with Gasteiger partial charge in [-0.15, -0.1) is 0 Å². The van der Waals surface area contributed by atoms with E-state index in [1.807, 2.05) is 31.2 Å². The maximum absolute atomic E-state index is 12.5. The normalized spacial score (nSPS) is 11.2. The number of benzene rings is 3. The van der Waals surface area contributed by atoms with Gasteiger partial charge in [0.25, 0.3) is 0 Å². The molecule has 0 fully saturated rings. The van der Waals surface area contributed by atoms with Crippen LogP contribution in [0.1, 0.15) is 18.1 Å². The van der Waals surface area contributed by atoms with Crippen LogP contribution in [-0.2, 0) is 27.7 Å². The number of carbonyl (C=O) groups excluding carboxylic acids is 1. The molecule has 0 bridgehead atoms. The third-order valence-corrected chi connectivity index (χ3v) is 6.01. The summed E-state index contributed by atoms with van der Waals surface area (Å²) in [5.74, 6) is 0.995. The maximum atomic E-state index is 12.5. The molecule has 0 spiro atoms. The van der Waals surface area contributed by atoms with Crippen LogP contribution in [0.25, 0.3) is 0 Å². The van der Waals surface area contributed by atoms with Gasteiger partial charge in [0.1, 0.15) is 11.5 Å². The fourth-order valence-electron chi connectivity index (χ4n) is 2.93. The average molecular weight is 524 g/mol. The molecule has 0 unspecified atom stereocenters. The fourth-order valence-corrected chi connectivity index (χ4v) is 4.27. The van der Waals surface area contributed by atoms with E-state index in [9.17, 15) is 13.2 Å². The molecule has 0 aromatic heterocycles. The molecule has 3 aromatic carbocycles. The molecule has 0 aliphatic carbocycles. The molecule has 31 heavy (non-hydrogen) atoms. The summed E-state index contributed by atoms with van der Waals surface area (Å²) in [7, 11) is -3.78. The molecule has 0 heterocycles. The monoisotopic (exact) mass is 522 g/mol. The third-order valence-electron chi connectivity index (χ3n) is 4.41. The molecule has 6 nitrogen and oxygen atoms in total. The second kappa shape index (κ2) is 9.82. The van der Waals surface area contributed by atoms with Crippen molar-refractivity contribution in [3.05, 3.63) is 81.3 Å². The van der Waals surface area contributed by atoms with E-state index in [1.54, 1.807) is 12.1 Å². The molecular formula is C22H20BrClN2O4S. The summed E-state index contributed by atoms with van der Waals surface area (Å²) in [6, 6.07) is 16.6. The van der Waals surface area contributed by atoms with Crippen LogP contribution < -0.4 is 15.2 Å². The minimum Gasteiger partial charge on any atom is -0.457 e. The standard InChI is InChI=1S/C22H20BrClN2O4S/c1-2-15-4-3-14(9-21(15)30-19-12-16(23)11-17(24)13-19)10-22(27)26-18-5-7-20(8-6-18)31(25,28)29/h3-9,11-13H,2,10H2,1H3,(H,26,27)(H2,25,28,29). The SMILES string of the molecule is CCc1ccc(CC(=O)Nc2ccc(S(N)(=O)=O)cc2)cc1Oc1cc(Cl)cc(Br)c1. The highest BCUT2D eigenvalue weighted by Gasteiger charge is 2.11. The summed E-state index contributed by atoms with van der Waals surface area (Å²) in [5.41, 5.74) is 2.24. The van der Waals surface area contributed by atoms with Crippen molar-refractivity contribution in [2.75, 3.05) is 5.32 Å². The number of halogens is 2. The predicted molar refractivity (Wildman–Crippen MR) is 125 cm³/mol. The van der Waals surface area contributed by atoms with Gasteiger partial charge >= 0.3 is 0 Å². The lowest BCUT2D eigenvalue weighted by atomic mass is 10.1. The van der Waals surface area contributed by atoms with Gasteiger partial charge in [-0.2, -0.15) is 0 Å². The summed E-state index contributed by atoms with van der Waals surface area (Å²) in [6.45, 7) is 2.02. The fraction of sp³-hybridized carbons (Fsp3) is 0.136. The first-order chi connectivity index (χ1) is 14.6. The average Bonchev–Trinajstić information content (AvgIpc) is 2.67. The van der Waals surface area contributed by atoms with Gasteiger partial charge in [-0.1, -0.05) is 46.6 Å². The van der Waals surface area contributed by atoms with Gasteiger partial charge in [0.2, 0.25) is 15.9 Å². The number of hydrogen-bond acceptors (Lipinski definition) is 4. The van der Waals surface area contributed by atoms with Gasteiger partial charge in [-0.3, -0.25) is 4.79 Å². The van der Waals surface area contributed by atoms with Crippen LogP contribution in [0.5, 0.6) is 11.5 Å². The summed E-state index contributed by atoms with van der Waals surface area (Å²) < 4.78 is 29.5. The van der Waals surface area contributed by atoms with Gasteiger partial charge < -0.3 is 10.1 Å². The van der Waals surface area contributed by atoms with E-state index in [-0.39, 0.29) is 17.2 Å². The van der Waals surface area contributed by atoms with Crippen molar-refractivity contribution >= 4 is 49.1 Å². The molecule has 0 aliphatic rings. The van der Waals surface area contributed by atoms with E-state index in [0.717, 1.165) is 22.0 Å². The number of primary sulfonamides is 1. The van der Waals surface area contributed by atoms with Crippen LogP contribution in [0, 0.1) is 0 Å². The number of anilines is 1. The zero-order valence-electron chi connectivity index (χ0n) is 16.6. The Kier molecular flexibility index (Phi) is 7.38. The van der Waals surface area contributed by atoms with Crippen molar-refractivity contribution in [1.82, 2.24) is 0 Å². The highest BCUT2D eigenvalue weighted by molar-refractivity contribution is 9.10. The number of ether oxygens (including phenoxy) is 1. The Hall–Kier alpha value is -2.39. The van der Waals surface area contributed by atoms with Crippen LogP contribution in [0.3, 0.4) is 0 Å². The molecule has 0 aliphatic heterocycles. The molecule has 3 N–H and O–H groups in total. The molecule has 3 rings (SSSR count). The zero-order valence-corrected chi connectivity index (χ0v) is 19.7. The van der Waals surface area contributed by atoms with E-state index < -0.39 is 10.0 Å². The van der Waals surface area contributed by atoms with E-state index >= 15 is 0 Å². The largest absolute Gasteiger partial charge is 0.457 e. The minimum absolute atomic E-state index is 0.0184. The Morgan fingerprint density at radius 3 is 2.42 bits per heavy atom. The van der Waals surface area contributed by atoms with Crippen LogP contribution in [0.2, 0.25) is 5.02 Å². The number of rotatable bonds is 7. The van der Waals surface area contributed by atoms with Crippen LogP contribution in [0.15, 0.2) is 70.0 Å². The van der Waals surface area contributed by atoms with Gasteiger partial charge in [0.15, 0.2) is 0 Å². The topological polar surface area (TPSA) is 98.5 Å². The van der Waals surface area contributed by atoms with Crippen LogP contribution in [0.4, 0.5) is 5.69 Å². The smallest absolute Gasteiger partial charge is 0.238 e. The molecule has 1 amide bonds. The molecule has 0 saturated carbocycles. The van der Waals surface area contributed by atoms with Crippen molar-refractivity contribution in [3.63, 3.8) is 0 Å². The first-order valence-electron chi connectivity index (χ1n) is 9.32. The van der Waals surface area contributed by atoms with E-state index in [1.165, 1.54) is 24.3 Å². The zero-order chi connectivity index (χ0) is 22.6. The Morgan fingerprint density at radius 2 is 1.81 bits per heavy atom. The van der Waals surface area contributed by atoms with Gasteiger partial charge in [0.05, 0.1) is 11.3 Å². The molecule has 3 aromatic rings. The van der Waals surface area contributed by atoms with Crippen molar-refractivity contribution in [3.8, 4) is 11.5 Å².